The highest BCUT2D eigenvalue weighted by Crippen LogP contribution is 2.00. The number of allylic oxidation sites excluding steroid dienone is 2. The van der Waals surface area contributed by atoms with Gasteiger partial charge in [-0.2, -0.15) is 0 Å². The predicted octanol–water partition coefficient (Wildman–Crippen LogP) is 2.35. The summed E-state index contributed by atoms with van der Waals surface area (Å²) in [6.45, 7) is 0.203. The smallest absolute Gasteiger partial charge is 0.404 e. The van der Waals surface area contributed by atoms with Gasteiger partial charge in [0.1, 0.15) is 6.61 Å². The lowest BCUT2D eigenvalue weighted by Gasteiger charge is -1.92. The highest BCUT2D eigenvalue weighted by Gasteiger charge is 1.86. The minimum atomic E-state index is -0.758. The third kappa shape index (κ3) is 5.31. The first-order valence-corrected chi connectivity index (χ1v) is 4.59. The molecule has 0 atom stereocenters. The Morgan fingerprint density at radius 1 is 1.27 bits per heavy atom. The molecule has 0 aliphatic rings. The molecule has 15 heavy (non-hydrogen) atoms. The van der Waals surface area contributed by atoms with Gasteiger partial charge in [-0.15, -0.1) is 0 Å². The molecular weight excluding hydrogens is 190 g/mol. The molecule has 78 valence electrons. The predicted molar refractivity (Wildman–Crippen MR) is 60.2 cm³/mol. The Morgan fingerprint density at radius 2 is 2.00 bits per heavy atom. The van der Waals surface area contributed by atoms with Gasteiger partial charge in [-0.3, -0.25) is 0 Å². The van der Waals surface area contributed by atoms with E-state index in [1.54, 1.807) is 12.2 Å². The Balaban J connectivity index is 2.31. The van der Waals surface area contributed by atoms with E-state index in [1.165, 1.54) is 0 Å². The van der Waals surface area contributed by atoms with Gasteiger partial charge in [0.05, 0.1) is 0 Å². The number of hydrogen-bond donors (Lipinski definition) is 1. The minimum absolute atomic E-state index is 0.203. The second-order valence-corrected chi connectivity index (χ2v) is 2.83. The first-order valence-electron chi connectivity index (χ1n) is 4.59. The van der Waals surface area contributed by atoms with Crippen molar-refractivity contribution in [2.75, 3.05) is 6.61 Å². The van der Waals surface area contributed by atoms with Gasteiger partial charge in [0, 0.05) is 0 Å². The maximum atomic E-state index is 10.2. The number of carbonyl (C=O) groups is 1. The summed E-state index contributed by atoms with van der Waals surface area (Å²) in [5.74, 6) is 0. The molecule has 0 fully saturated rings. The molecule has 0 aromatic heterocycles. The van der Waals surface area contributed by atoms with Crippen LogP contribution in [0.2, 0.25) is 0 Å². The van der Waals surface area contributed by atoms with Gasteiger partial charge in [0.25, 0.3) is 0 Å². The fraction of sp³-hybridized carbons (Fsp3) is 0.0833. The summed E-state index contributed by atoms with van der Waals surface area (Å²) in [7, 11) is 0. The van der Waals surface area contributed by atoms with Gasteiger partial charge < -0.3 is 10.5 Å². The number of carbonyl (C=O) groups excluding carboxylic acids is 1. The van der Waals surface area contributed by atoms with Crippen molar-refractivity contribution >= 4 is 12.2 Å². The molecule has 2 N–H and O–H groups in total. The zero-order chi connectivity index (χ0) is 10.9. The number of primary amides is 1. The normalized spacial score (nSPS) is 10.9. The van der Waals surface area contributed by atoms with E-state index in [-0.39, 0.29) is 6.61 Å². The Bertz CT molecular complexity index is 355. The first kappa shape index (κ1) is 11.0. The molecule has 1 aromatic rings. The second kappa shape index (κ2) is 6.43. The highest BCUT2D eigenvalue weighted by atomic mass is 16.5. The fourth-order valence-electron chi connectivity index (χ4n) is 0.995. The molecule has 3 nitrogen and oxygen atoms in total. The molecule has 0 saturated carbocycles. The Kier molecular flexibility index (Phi) is 4.73. The number of rotatable bonds is 4. The number of nitrogens with two attached hydrogens (primary N) is 1. The van der Waals surface area contributed by atoms with Crippen LogP contribution in [-0.2, 0) is 4.74 Å². The molecule has 1 rings (SSSR count). The molecule has 1 amide bonds. The van der Waals surface area contributed by atoms with Gasteiger partial charge in [-0.1, -0.05) is 48.6 Å². The summed E-state index contributed by atoms with van der Waals surface area (Å²) in [5, 5.41) is 0. The zero-order valence-corrected chi connectivity index (χ0v) is 8.30. The molecule has 0 bridgehead atoms. The van der Waals surface area contributed by atoms with E-state index in [1.807, 2.05) is 42.5 Å². The average molecular weight is 203 g/mol. The topological polar surface area (TPSA) is 52.3 Å². The SMILES string of the molecule is NC(=O)OC/C=C/C=C/c1ccccc1. The summed E-state index contributed by atoms with van der Waals surface area (Å²) in [5.41, 5.74) is 5.91. The minimum Gasteiger partial charge on any atom is -0.445 e. The van der Waals surface area contributed by atoms with Crippen molar-refractivity contribution in [3.8, 4) is 0 Å². The van der Waals surface area contributed by atoms with Crippen molar-refractivity contribution in [1.29, 1.82) is 0 Å². The van der Waals surface area contributed by atoms with Crippen LogP contribution in [0.1, 0.15) is 5.56 Å². The average Bonchev–Trinajstić information content (AvgIpc) is 2.24. The van der Waals surface area contributed by atoms with Crippen molar-refractivity contribution < 1.29 is 9.53 Å². The maximum absolute atomic E-state index is 10.2. The van der Waals surface area contributed by atoms with E-state index in [4.69, 9.17) is 5.73 Å². The van der Waals surface area contributed by atoms with E-state index in [9.17, 15) is 4.79 Å². The lowest BCUT2D eigenvalue weighted by Crippen LogP contribution is -2.12. The Hall–Kier alpha value is -2.03. The van der Waals surface area contributed by atoms with Crippen LogP contribution < -0.4 is 5.73 Å². The molecule has 0 saturated heterocycles. The molecule has 0 spiro atoms. The molecule has 1 aromatic carbocycles. The second-order valence-electron chi connectivity index (χ2n) is 2.83. The molecule has 3 heteroatoms. The quantitative estimate of drug-likeness (QED) is 0.763. The molecule has 0 heterocycles. The summed E-state index contributed by atoms with van der Waals surface area (Å²) in [6.07, 6.45) is 6.59. The van der Waals surface area contributed by atoms with Gasteiger partial charge in [-0.05, 0) is 11.6 Å². The van der Waals surface area contributed by atoms with E-state index in [0.29, 0.717) is 0 Å². The summed E-state index contributed by atoms with van der Waals surface area (Å²) < 4.78 is 4.51. The van der Waals surface area contributed by atoms with Crippen LogP contribution in [0.5, 0.6) is 0 Å². The molecule has 0 aliphatic carbocycles. The molecule has 0 unspecified atom stereocenters. The van der Waals surface area contributed by atoms with E-state index < -0.39 is 6.09 Å². The monoisotopic (exact) mass is 203 g/mol. The van der Waals surface area contributed by atoms with Crippen LogP contribution in [0.15, 0.2) is 48.6 Å². The van der Waals surface area contributed by atoms with E-state index in [2.05, 4.69) is 4.74 Å². The number of ether oxygens (including phenoxy) is 1. The third-order valence-electron chi connectivity index (χ3n) is 1.66. The number of hydrogen-bond acceptors (Lipinski definition) is 2. The standard InChI is InChI=1S/C12H13NO2/c13-12(14)15-10-6-2-5-9-11-7-3-1-4-8-11/h1-9H,10H2,(H2,13,14)/b6-2+,9-5+. The largest absolute Gasteiger partial charge is 0.445 e. The van der Waals surface area contributed by atoms with Crippen molar-refractivity contribution in [2.24, 2.45) is 5.73 Å². The van der Waals surface area contributed by atoms with Crippen LogP contribution in [0, 0.1) is 0 Å². The van der Waals surface area contributed by atoms with Crippen molar-refractivity contribution in [3.05, 3.63) is 54.1 Å². The lowest BCUT2D eigenvalue weighted by atomic mass is 10.2. The van der Waals surface area contributed by atoms with Gasteiger partial charge in [0.15, 0.2) is 0 Å². The van der Waals surface area contributed by atoms with E-state index in [0.717, 1.165) is 5.56 Å². The Morgan fingerprint density at radius 3 is 2.67 bits per heavy atom. The summed E-state index contributed by atoms with van der Waals surface area (Å²) in [4.78, 5) is 10.2. The van der Waals surface area contributed by atoms with Gasteiger partial charge >= 0.3 is 6.09 Å². The van der Waals surface area contributed by atoms with Crippen LogP contribution in [0.25, 0.3) is 6.08 Å². The Labute approximate surface area is 88.9 Å². The summed E-state index contributed by atoms with van der Waals surface area (Å²) in [6, 6.07) is 9.92. The highest BCUT2D eigenvalue weighted by molar-refractivity contribution is 5.64. The maximum Gasteiger partial charge on any atom is 0.404 e. The van der Waals surface area contributed by atoms with Crippen LogP contribution in [-0.4, -0.2) is 12.7 Å². The van der Waals surface area contributed by atoms with Crippen molar-refractivity contribution in [2.45, 2.75) is 0 Å². The fourth-order valence-corrected chi connectivity index (χ4v) is 0.995. The van der Waals surface area contributed by atoms with Gasteiger partial charge in [-0.25, -0.2) is 4.79 Å². The zero-order valence-electron chi connectivity index (χ0n) is 8.30. The lowest BCUT2D eigenvalue weighted by molar-refractivity contribution is 0.169. The van der Waals surface area contributed by atoms with Crippen molar-refractivity contribution in [3.63, 3.8) is 0 Å². The molecule has 0 aliphatic heterocycles. The number of benzene rings is 1. The van der Waals surface area contributed by atoms with Gasteiger partial charge in [0.2, 0.25) is 0 Å². The molecule has 0 radical (unpaired) electrons. The van der Waals surface area contributed by atoms with Crippen LogP contribution in [0.4, 0.5) is 4.79 Å². The van der Waals surface area contributed by atoms with Crippen molar-refractivity contribution in [1.82, 2.24) is 0 Å². The van der Waals surface area contributed by atoms with E-state index >= 15 is 0 Å². The third-order valence-corrected chi connectivity index (χ3v) is 1.66. The molecular formula is C12H13NO2. The first-order chi connectivity index (χ1) is 7.29. The number of amides is 1. The summed E-state index contributed by atoms with van der Waals surface area (Å²) >= 11 is 0. The van der Waals surface area contributed by atoms with Crippen LogP contribution >= 0.6 is 0 Å². The van der Waals surface area contributed by atoms with Crippen LogP contribution in [0.3, 0.4) is 0 Å².